The van der Waals surface area contributed by atoms with Gasteiger partial charge in [0.1, 0.15) is 0 Å². The van der Waals surface area contributed by atoms with Crippen LogP contribution < -0.4 is 0 Å². The van der Waals surface area contributed by atoms with E-state index >= 15 is 0 Å². The van der Waals surface area contributed by atoms with Gasteiger partial charge in [-0.2, -0.15) is 19.7 Å². The van der Waals surface area contributed by atoms with Gasteiger partial charge < -0.3 is 4.90 Å². The molecule has 0 unspecified atom stereocenters. The van der Waals surface area contributed by atoms with E-state index in [4.69, 9.17) is 0 Å². The fraction of sp³-hybridized carbons (Fsp3) is 0.786. The molecule has 1 N–H and O–H groups in total. The highest BCUT2D eigenvalue weighted by Gasteiger charge is 2.41. The average molecular weight is 339 g/mol. The molecular weight excluding hydrogens is 318 g/mol. The SMILES string of the molecule is O=C(c1n[nH]nc1C1CC1)N1CCCN(S(=O)(=O)C2CC2)CC1. The summed E-state index contributed by atoms with van der Waals surface area (Å²) >= 11 is 0. The van der Waals surface area contributed by atoms with Crippen LogP contribution in [0.4, 0.5) is 0 Å². The van der Waals surface area contributed by atoms with Crippen molar-refractivity contribution in [1.82, 2.24) is 24.6 Å². The molecule has 1 aliphatic heterocycles. The van der Waals surface area contributed by atoms with Crippen LogP contribution in [0, 0.1) is 0 Å². The first-order chi connectivity index (χ1) is 11.1. The molecule has 1 aromatic rings. The number of carbonyl (C=O) groups is 1. The lowest BCUT2D eigenvalue weighted by Crippen LogP contribution is -2.39. The normalized spacial score (nSPS) is 23.7. The zero-order chi connectivity index (χ0) is 16.0. The van der Waals surface area contributed by atoms with E-state index in [1.165, 1.54) is 0 Å². The molecule has 8 nitrogen and oxygen atoms in total. The van der Waals surface area contributed by atoms with E-state index in [1.54, 1.807) is 9.21 Å². The molecule has 1 aromatic heterocycles. The van der Waals surface area contributed by atoms with Crippen LogP contribution in [0.1, 0.15) is 54.2 Å². The van der Waals surface area contributed by atoms with Crippen molar-refractivity contribution in [2.24, 2.45) is 0 Å². The monoisotopic (exact) mass is 339 g/mol. The zero-order valence-corrected chi connectivity index (χ0v) is 13.8. The highest BCUT2D eigenvalue weighted by molar-refractivity contribution is 7.90. The van der Waals surface area contributed by atoms with Crippen molar-refractivity contribution in [1.29, 1.82) is 0 Å². The molecule has 3 fully saturated rings. The quantitative estimate of drug-likeness (QED) is 0.852. The smallest absolute Gasteiger partial charge is 0.276 e. The maximum absolute atomic E-state index is 12.7. The van der Waals surface area contributed by atoms with Crippen molar-refractivity contribution in [2.75, 3.05) is 26.2 Å². The van der Waals surface area contributed by atoms with Gasteiger partial charge in [0, 0.05) is 32.1 Å². The molecule has 0 radical (unpaired) electrons. The van der Waals surface area contributed by atoms with E-state index < -0.39 is 10.0 Å². The molecule has 2 heterocycles. The predicted molar refractivity (Wildman–Crippen MR) is 82.4 cm³/mol. The maximum atomic E-state index is 12.7. The standard InChI is InChI=1S/C14H21N5O3S/c20-14(13-12(10-2-3-10)15-17-16-13)18-6-1-7-19(9-8-18)23(21,22)11-4-5-11/h10-11H,1-9H2,(H,15,16,17). The Balaban J connectivity index is 1.46. The van der Waals surface area contributed by atoms with Crippen molar-refractivity contribution in [2.45, 2.75) is 43.3 Å². The number of aromatic nitrogens is 3. The van der Waals surface area contributed by atoms with Crippen molar-refractivity contribution in [3.8, 4) is 0 Å². The second kappa shape index (κ2) is 5.55. The van der Waals surface area contributed by atoms with Crippen LogP contribution in [0.15, 0.2) is 0 Å². The third-order valence-corrected chi connectivity index (χ3v) is 7.19. The summed E-state index contributed by atoms with van der Waals surface area (Å²) in [5, 5.41) is 10.5. The summed E-state index contributed by atoms with van der Waals surface area (Å²) in [6.45, 7) is 1.85. The zero-order valence-electron chi connectivity index (χ0n) is 12.9. The lowest BCUT2D eigenvalue weighted by atomic mass is 10.2. The van der Waals surface area contributed by atoms with Gasteiger partial charge in [0.25, 0.3) is 5.91 Å². The number of carbonyl (C=O) groups excluding carboxylic acids is 1. The summed E-state index contributed by atoms with van der Waals surface area (Å²) in [7, 11) is -3.17. The first-order valence-corrected chi connectivity index (χ1v) is 9.76. The number of nitrogens with zero attached hydrogens (tertiary/aromatic N) is 4. The summed E-state index contributed by atoms with van der Waals surface area (Å²) in [5.41, 5.74) is 1.17. The minimum absolute atomic E-state index is 0.133. The van der Waals surface area contributed by atoms with Crippen molar-refractivity contribution < 1.29 is 13.2 Å². The van der Waals surface area contributed by atoms with Gasteiger partial charge in [0.15, 0.2) is 5.69 Å². The van der Waals surface area contributed by atoms with Crippen molar-refractivity contribution in [3.63, 3.8) is 0 Å². The van der Waals surface area contributed by atoms with Crippen LogP contribution in [0.2, 0.25) is 0 Å². The Kier molecular flexibility index (Phi) is 3.64. The molecule has 1 saturated heterocycles. The number of H-pyrrole nitrogens is 1. The van der Waals surface area contributed by atoms with E-state index in [9.17, 15) is 13.2 Å². The second-order valence-corrected chi connectivity index (χ2v) is 8.83. The number of hydrogen-bond acceptors (Lipinski definition) is 5. The van der Waals surface area contributed by atoms with Gasteiger partial charge in [-0.15, -0.1) is 0 Å². The number of hydrogen-bond donors (Lipinski definition) is 1. The van der Waals surface area contributed by atoms with E-state index in [1.807, 2.05) is 0 Å². The molecule has 126 valence electrons. The third kappa shape index (κ3) is 2.87. The highest BCUT2D eigenvalue weighted by Crippen LogP contribution is 2.40. The number of amides is 1. The molecule has 3 aliphatic rings. The Bertz CT molecular complexity index is 708. The van der Waals surface area contributed by atoms with Gasteiger partial charge in [-0.1, -0.05) is 0 Å². The predicted octanol–water partition coefficient (Wildman–Crippen LogP) is 0.322. The van der Waals surface area contributed by atoms with E-state index in [0.717, 1.165) is 31.4 Å². The molecule has 0 atom stereocenters. The Hall–Kier alpha value is -1.48. The Morgan fingerprint density at radius 2 is 1.83 bits per heavy atom. The minimum Gasteiger partial charge on any atom is -0.336 e. The van der Waals surface area contributed by atoms with Gasteiger partial charge in [-0.25, -0.2) is 8.42 Å². The first kappa shape index (κ1) is 15.1. The van der Waals surface area contributed by atoms with Crippen LogP contribution in [-0.4, -0.2) is 70.4 Å². The summed E-state index contributed by atoms with van der Waals surface area (Å²) in [6.07, 6.45) is 4.31. The molecular formula is C14H21N5O3S. The lowest BCUT2D eigenvalue weighted by Gasteiger charge is -2.21. The topological polar surface area (TPSA) is 99.3 Å². The summed E-state index contributed by atoms with van der Waals surface area (Å²) in [5.74, 6) is 0.220. The van der Waals surface area contributed by atoms with Crippen LogP contribution in [0.3, 0.4) is 0 Å². The lowest BCUT2D eigenvalue weighted by molar-refractivity contribution is 0.0757. The number of sulfonamides is 1. The number of aromatic amines is 1. The third-order valence-electron chi connectivity index (χ3n) is 4.79. The minimum atomic E-state index is -3.17. The summed E-state index contributed by atoms with van der Waals surface area (Å²) in [4.78, 5) is 14.4. The molecule has 9 heteroatoms. The molecule has 0 aromatic carbocycles. The molecule has 2 saturated carbocycles. The van der Waals surface area contributed by atoms with E-state index in [0.29, 0.717) is 44.2 Å². The fourth-order valence-corrected chi connectivity index (χ4v) is 4.99. The van der Waals surface area contributed by atoms with E-state index in [2.05, 4.69) is 15.4 Å². The Morgan fingerprint density at radius 3 is 2.52 bits per heavy atom. The first-order valence-electron chi connectivity index (χ1n) is 8.26. The Morgan fingerprint density at radius 1 is 1.04 bits per heavy atom. The van der Waals surface area contributed by atoms with Crippen LogP contribution in [0.5, 0.6) is 0 Å². The largest absolute Gasteiger partial charge is 0.336 e. The number of nitrogens with one attached hydrogen (secondary N) is 1. The molecule has 0 spiro atoms. The van der Waals surface area contributed by atoms with Crippen LogP contribution in [0.25, 0.3) is 0 Å². The average Bonchev–Trinajstić information content (AvgIpc) is 3.42. The van der Waals surface area contributed by atoms with Crippen LogP contribution in [-0.2, 0) is 10.0 Å². The number of rotatable bonds is 4. The van der Waals surface area contributed by atoms with Crippen LogP contribution >= 0.6 is 0 Å². The van der Waals surface area contributed by atoms with Gasteiger partial charge in [-0.05, 0) is 32.1 Å². The highest BCUT2D eigenvalue weighted by atomic mass is 32.2. The molecule has 23 heavy (non-hydrogen) atoms. The molecule has 1 amide bonds. The molecule has 2 aliphatic carbocycles. The van der Waals surface area contributed by atoms with Crippen molar-refractivity contribution in [3.05, 3.63) is 11.4 Å². The summed E-state index contributed by atoms with van der Waals surface area (Å²) in [6, 6.07) is 0. The fourth-order valence-electron chi connectivity index (χ4n) is 3.12. The maximum Gasteiger partial charge on any atom is 0.276 e. The molecule has 4 rings (SSSR count). The van der Waals surface area contributed by atoms with Gasteiger partial charge in [-0.3, -0.25) is 4.79 Å². The second-order valence-electron chi connectivity index (χ2n) is 6.62. The summed E-state index contributed by atoms with van der Waals surface area (Å²) < 4.78 is 26.3. The van der Waals surface area contributed by atoms with Gasteiger partial charge in [0.05, 0.1) is 10.9 Å². The van der Waals surface area contributed by atoms with Gasteiger partial charge >= 0.3 is 0 Å². The Labute approximate surface area is 135 Å². The van der Waals surface area contributed by atoms with Crippen molar-refractivity contribution >= 4 is 15.9 Å². The molecule has 0 bridgehead atoms. The van der Waals surface area contributed by atoms with E-state index in [-0.39, 0.29) is 11.2 Å². The van der Waals surface area contributed by atoms with Gasteiger partial charge in [0.2, 0.25) is 10.0 Å².